The number of aliphatic hydroxyl groups excluding tert-OH is 1. The van der Waals surface area contributed by atoms with E-state index in [-0.39, 0.29) is 11.5 Å². The van der Waals surface area contributed by atoms with Gasteiger partial charge in [-0.1, -0.05) is 13.8 Å². The highest BCUT2D eigenvalue weighted by molar-refractivity contribution is 9.10. The van der Waals surface area contributed by atoms with Crippen LogP contribution >= 0.6 is 15.9 Å². The molecule has 0 fully saturated rings. The molecule has 8 heteroatoms. The van der Waals surface area contributed by atoms with Crippen LogP contribution in [0.25, 0.3) is 0 Å². The molecule has 0 aliphatic carbocycles. The van der Waals surface area contributed by atoms with Gasteiger partial charge in [-0.25, -0.2) is 0 Å². The number of fused-ring (bicyclic) bond motifs is 1. The van der Waals surface area contributed by atoms with E-state index in [0.717, 1.165) is 23.3 Å². The maximum atomic E-state index is 12.2. The normalized spacial score (nSPS) is 16.2. The van der Waals surface area contributed by atoms with E-state index >= 15 is 0 Å². The second kappa shape index (κ2) is 6.70. The third-order valence-electron chi connectivity index (χ3n) is 4.21. The molecule has 0 saturated carbocycles. The Hall–Kier alpha value is -1.64. The number of aryl methyl sites for hydroxylation is 1. The second-order valence-electron chi connectivity index (χ2n) is 6.49. The Labute approximate surface area is 149 Å². The Morgan fingerprint density at radius 1 is 1.33 bits per heavy atom. The van der Waals surface area contributed by atoms with E-state index in [0.29, 0.717) is 18.1 Å². The Balaban J connectivity index is 1.81. The largest absolute Gasteiger partial charge is 0.378 e. The number of nitrogens with one attached hydrogen (secondary N) is 1. The number of aromatic nitrogens is 3. The van der Waals surface area contributed by atoms with Gasteiger partial charge in [0.1, 0.15) is 11.9 Å². The fourth-order valence-corrected chi connectivity index (χ4v) is 3.43. The quantitative estimate of drug-likeness (QED) is 0.826. The van der Waals surface area contributed by atoms with Crippen molar-refractivity contribution in [1.82, 2.24) is 19.2 Å². The van der Waals surface area contributed by atoms with E-state index in [9.17, 15) is 9.90 Å². The van der Waals surface area contributed by atoms with E-state index in [4.69, 9.17) is 0 Å². The van der Waals surface area contributed by atoms with Gasteiger partial charge in [-0.15, -0.1) is 0 Å². The molecule has 24 heavy (non-hydrogen) atoms. The average Bonchev–Trinajstić information content (AvgIpc) is 2.92. The summed E-state index contributed by atoms with van der Waals surface area (Å²) in [6.45, 7) is 6.13. The van der Waals surface area contributed by atoms with E-state index in [2.05, 4.69) is 26.3 Å². The SMILES string of the molecule is CC(C)C(O)N1CCn2nc(Nc3cc(Br)cn(C)c3=O)cc2C1. The monoisotopic (exact) mass is 395 g/mol. The number of hydrogen-bond donors (Lipinski definition) is 2. The highest BCUT2D eigenvalue weighted by Crippen LogP contribution is 2.22. The maximum Gasteiger partial charge on any atom is 0.274 e. The zero-order valence-electron chi connectivity index (χ0n) is 14.0. The van der Waals surface area contributed by atoms with Gasteiger partial charge in [-0.2, -0.15) is 5.10 Å². The van der Waals surface area contributed by atoms with Crippen LogP contribution in [0.2, 0.25) is 0 Å². The van der Waals surface area contributed by atoms with Crippen molar-refractivity contribution in [1.29, 1.82) is 0 Å². The summed E-state index contributed by atoms with van der Waals surface area (Å²) in [5.74, 6) is 0.822. The van der Waals surface area contributed by atoms with Gasteiger partial charge in [0.15, 0.2) is 5.82 Å². The topological polar surface area (TPSA) is 75.3 Å². The molecule has 7 nitrogen and oxygen atoms in total. The highest BCUT2D eigenvalue weighted by Gasteiger charge is 2.25. The number of halogens is 1. The van der Waals surface area contributed by atoms with Crippen molar-refractivity contribution in [3.05, 3.63) is 38.9 Å². The molecule has 1 aliphatic rings. The Morgan fingerprint density at radius 3 is 2.79 bits per heavy atom. The molecule has 0 amide bonds. The standard InChI is InChI=1S/C16H22BrN5O2/c1-10(2)15(23)21-4-5-22-12(9-21)7-14(19-22)18-13-6-11(17)8-20(3)16(13)24/h6-8,10,15,23H,4-5,9H2,1-3H3,(H,18,19). The van der Waals surface area contributed by atoms with Crippen molar-refractivity contribution in [2.24, 2.45) is 13.0 Å². The van der Waals surface area contributed by atoms with Crippen molar-refractivity contribution in [3.8, 4) is 0 Å². The van der Waals surface area contributed by atoms with Crippen LogP contribution in [0.15, 0.2) is 27.6 Å². The van der Waals surface area contributed by atoms with Crippen molar-refractivity contribution < 1.29 is 5.11 Å². The number of rotatable bonds is 4. The Morgan fingerprint density at radius 2 is 2.08 bits per heavy atom. The van der Waals surface area contributed by atoms with Crippen LogP contribution in [0, 0.1) is 5.92 Å². The van der Waals surface area contributed by atoms with E-state index in [1.54, 1.807) is 19.3 Å². The molecule has 0 spiro atoms. The second-order valence-corrected chi connectivity index (χ2v) is 7.40. The lowest BCUT2D eigenvalue weighted by Crippen LogP contribution is -2.43. The fraction of sp³-hybridized carbons (Fsp3) is 0.500. The first-order valence-corrected chi connectivity index (χ1v) is 8.76. The smallest absolute Gasteiger partial charge is 0.274 e. The molecule has 0 aromatic carbocycles. The van der Waals surface area contributed by atoms with Gasteiger partial charge in [0.05, 0.1) is 12.2 Å². The van der Waals surface area contributed by atoms with Crippen LogP contribution in [0.3, 0.4) is 0 Å². The van der Waals surface area contributed by atoms with Crippen LogP contribution in [0.4, 0.5) is 11.5 Å². The molecule has 1 atom stereocenters. The first-order chi connectivity index (χ1) is 11.3. The number of aliphatic hydroxyl groups is 1. The van der Waals surface area contributed by atoms with Crippen molar-refractivity contribution in [3.63, 3.8) is 0 Å². The lowest BCUT2D eigenvalue weighted by Gasteiger charge is -2.33. The van der Waals surface area contributed by atoms with E-state index < -0.39 is 6.23 Å². The third kappa shape index (κ3) is 3.40. The molecule has 3 heterocycles. The molecule has 1 aliphatic heterocycles. The lowest BCUT2D eigenvalue weighted by atomic mass is 10.1. The van der Waals surface area contributed by atoms with Gasteiger partial charge in [0.25, 0.3) is 5.56 Å². The van der Waals surface area contributed by atoms with Crippen molar-refractivity contribution in [2.45, 2.75) is 33.2 Å². The lowest BCUT2D eigenvalue weighted by molar-refractivity contribution is -0.0452. The summed E-state index contributed by atoms with van der Waals surface area (Å²) in [4.78, 5) is 14.2. The first-order valence-electron chi connectivity index (χ1n) is 7.97. The summed E-state index contributed by atoms with van der Waals surface area (Å²) >= 11 is 3.40. The minimum atomic E-state index is -0.456. The molecule has 130 valence electrons. The summed E-state index contributed by atoms with van der Waals surface area (Å²) in [5.41, 5.74) is 1.39. The van der Waals surface area contributed by atoms with Crippen LogP contribution in [-0.4, -0.2) is 37.1 Å². The number of hydrogen-bond acceptors (Lipinski definition) is 5. The maximum absolute atomic E-state index is 12.2. The van der Waals surface area contributed by atoms with Crippen molar-refractivity contribution >= 4 is 27.4 Å². The fourth-order valence-electron chi connectivity index (χ4n) is 2.89. The predicted octanol–water partition coefficient (Wildman–Crippen LogP) is 1.88. The summed E-state index contributed by atoms with van der Waals surface area (Å²) < 4.78 is 4.26. The van der Waals surface area contributed by atoms with Crippen LogP contribution < -0.4 is 10.9 Å². The molecule has 2 aromatic rings. The number of pyridine rings is 1. The molecule has 0 saturated heterocycles. The third-order valence-corrected chi connectivity index (χ3v) is 4.64. The van der Waals surface area contributed by atoms with Gasteiger partial charge in [0, 0.05) is 36.9 Å². The summed E-state index contributed by atoms with van der Waals surface area (Å²) in [6, 6.07) is 3.68. The predicted molar refractivity (Wildman–Crippen MR) is 96.1 cm³/mol. The van der Waals surface area contributed by atoms with Crippen LogP contribution in [0.5, 0.6) is 0 Å². The molecule has 2 aromatic heterocycles. The molecule has 0 radical (unpaired) electrons. The van der Waals surface area contributed by atoms with Crippen molar-refractivity contribution in [2.75, 3.05) is 11.9 Å². The average molecular weight is 396 g/mol. The van der Waals surface area contributed by atoms with Gasteiger partial charge < -0.3 is 15.0 Å². The van der Waals surface area contributed by atoms with E-state index in [1.165, 1.54) is 4.57 Å². The number of anilines is 2. The molecule has 3 rings (SSSR count). The zero-order chi connectivity index (χ0) is 17.4. The minimum Gasteiger partial charge on any atom is -0.378 e. The highest BCUT2D eigenvalue weighted by atomic mass is 79.9. The summed E-state index contributed by atoms with van der Waals surface area (Å²) in [5, 5.41) is 17.9. The van der Waals surface area contributed by atoms with E-state index in [1.807, 2.05) is 29.5 Å². The minimum absolute atomic E-state index is 0.110. The Bertz CT molecular complexity index is 798. The first kappa shape index (κ1) is 17.2. The van der Waals surface area contributed by atoms with Crippen LogP contribution in [-0.2, 0) is 20.1 Å². The van der Waals surface area contributed by atoms with Gasteiger partial charge in [-0.3, -0.25) is 14.4 Å². The molecule has 0 bridgehead atoms. The van der Waals surface area contributed by atoms with Gasteiger partial charge >= 0.3 is 0 Å². The molecular formula is C16H22BrN5O2. The van der Waals surface area contributed by atoms with Gasteiger partial charge in [-0.05, 0) is 27.9 Å². The summed E-state index contributed by atoms with van der Waals surface area (Å²) in [7, 11) is 1.71. The molecule has 1 unspecified atom stereocenters. The Kier molecular flexibility index (Phi) is 4.80. The number of nitrogens with zero attached hydrogens (tertiary/aromatic N) is 4. The summed E-state index contributed by atoms with van der Waals surface area (Å²) in [6.07, 6.45) is 1.26. The van der Waals surface area contributed by atoms with Crippen LogP contribution in [0.1, 0.15) is 19.5 Å². The molecule has 2 N–H and O–H groups in total. The molecular weight excluding hydrogens is 374 g/mol. The zero-order valence-corrected chi connectivity index (χ0v) is 15.6. The van der Waals surface area contributed by atoms with Gasteiger partial charge in [0.2, 0.25) is 0 Å².